The molecule has 0 saturated heterocycles. The average Bonchev–Trinajstić information content (AvgIpc) is 3.39. The van der Waals surface area contributed by atoms with E-state index in [1.165, 1.54) is 4.90 Å². The number of ether oxygens (including phenoxy) is 11. The fourth-order valence-electron chi connectivity index (χ4n) is 4.50. The minimum absolute atomic E-state index is 0.212. The molecule has 1 aliphatic rings. The monoisotopic (exact) mass is 722 g/mol. The number of anilines is 1. The molecule has 2 amide bonds. The normalized spacial score (nSPS) is 12.6. The van der Waals surface area contributed by atoms with Gasteiger partial charge in [-0.25, -0.2) is 0 Å². The van der Waals surface area contributed by atoms with Gasteiger partial charge >= 0.3 is 0 Å². The third-order valence-electron chi connectivity index (χ3n) is 7.09. The van der Waals surface area contributed by atoms with Crippen molar-refractivity contribution < 1.29 is 61.7 Å². The van der Waals surface area contributed by atoms with Gasteiger partial charge in [-0.15, -0.1) is 0 Å². The van der Waals surface area contributed by atoms with Crippen LogP contribution in [0, 0.1) is 0 Å². The van der Waals surface area contributed by atoms with Crippen molar-refractivity contribution in [3.8, 4) is 5.75 Å². The lowest BCUT2D eigenvalue weighted by Crippen LogP contribution is -2.33. The molecule has 51 heavy (non-hydrogen) atoms. The first-order valence-electron chi connectivity index (χ1n) is 17.4. The molecule has 15 nitrogen and oxygen atoms in total. The van der Waals surface area contributed by atoms with Gasteiger partial charge in [0.15, 0.2) is 0 Å². The highest BCUT2D eigenvalue weighted by molar-refractivity contribution is 6.21. The molecule has 286 valence electrons. The fourth-order valence-corrected chi connectivity index (χ4v) is 4.50. The number of hydrogen-bond acceptors (Lipinski definition) is 14. The number of nitrogen functional groups attached to an aromatic ring is 1. The molecular formula is C36H54N2O13. The summed E-state index contributed by atoms with van der Waals surface area (Å²) in [4.78, 5) is 25.8. The van der Waals surface area contributed by atoms with E-state index in [0.717, 1.165) is 0 Å². The molecule has 0 atom stereocenters. The lowest BCUT2D eigenvalue weighted by atomic mass is 10.1. The van der Waals surface area contributed by atoms with Crippen molar-refractivity contribution in [2.24, 2.45) is 0 Å². The molecule has 3 rings (SSSR count). The van der Waals surface area contributed by atoms with E-state index >= 15 is 0 Å². The van der Waals surface area contributed by atoms with E-state index in [1.54, 1.807) is 30.3 Å². The number of hydrogen-bond donors (Lipinski definition) is 1. The minimum atomic E-state index is -0.279. The Morgan fingerprint density at radius 2 is 0.686 bits per heavy atom. The van der Waals surface area contributed by atoms with Crippen LogP contribution in [-0.4, -0.2) is 162 Å². The molecule has 2 aromatic carbocycles. The number of imide groups is 1. The van der Waals surface area contributed by atoms with Crippen molar-refractivity contribution in [1.82, 2.24) is 4.90 Å². The maximum Gasteiger partial charge on any atom is 0.261 e. The molecule has 2 aromatic rings. The number of fused-ring (bicyclic) bond motifs is 1. The molecular weight excluding hydrogens is 668 g/mol. The Labute approximate surface area is 300 Å². The van der Waals surface area contributed by atoms with Gasteiger partial charge in [-0.2, -0.15) is 0 Å². The van der Waals surface area contributed by atoms with E-state index in [-0.39, 0.29) is 25.0 Å². The van der Waals surface area contributed by atoms with E-state index in [1.807, 2.05) is 18.2 Å². The van der Waals surface area contributed by atoms with Gasteiger partial charge in [0.05, 0.1) is 155 Å². The molecule has 0 unspecified atom stereocenters. The third kappa shape index (κ3) is 18.7. The Balaban J connectivity index is 0.920. The standard InChI is InChI=1S/C36H54N2O13/c37-33-7-3-4-8-34(33)51-30-29-50-28-27-49-26-25-48-24-23-47-22-21-46-20-19-45-18-17-44-16-15-43-14-13-42-12-11-41-10-9-38-35(39)31-5-1-2-6-32(31)36(38)40/h1-8H,9-30,37H2. The van der Waals surface area contributed by atoms with E-state index in [2.05, 4.69) is 0 Å². The highest BCUT2D eigenvalue weighted by Crippen LogP contribution is 2.22. The Hall–Kier alpha value is -3.22. The number of para-hydroxylation sites is 2. The van der Waals surface area contributed by atoms with Gasteiger partial charge in [0.1, 0.15) is 12.4 Å². The van der Waals surface area contributed by atoms with Gasteiger partial charge in [-0.3, -0.25) is 14.5 Å². The molecule has 0 bridgehead atoms. The summed E-state index contributed by atoms with van der Waals surface area (Å²) in [5, 5.41) is 0. The Kier molecular flexibility index (Phi) is 23.5. The van der Waals surface area contributed by atoms with E-state index in [9.17, 15) is 9.59 Å². The van der Waals surface area contributed by atoms with E-state index in [4.69, 9.17) is 57.8 Å². The molecule has 1 aliphatic heterocycles. The molecule has 0 aliphatic carbocycles. The maximum absolute atomic E-state index is 12.3. The Morgan fingerprint density at radius 3 is 1.04 bits per heavy atom. The molecule has 0 fully saturated rings. The summed E-state index contributed by atoms with van der Waals surface area (Å²) in [6, 6.07) is 14.2. The van der Waals surface area contributed by atoms with E-state index in [0.29, 0.717) is 155 Å². The second kappa shape index (κ2) is 28.4. The van der Waals surface area contributed by atoms with Crippen molar-refractivity contribution in [1.29, 1.82) is 0 Å². The predicted octanol–water partition coefficient (Wildman–Crippen LogP) is 2.11. The number of amides is 2. The fraction of sp³-hybridized carbons (Fsp3) is 0.611. The molecule has 0 aromatic heterocycles. The van der Waals surface area contributed by atoms with Crippen LogP contribution in [0.4, 0.5) is 5.69 Å². The molecule has 0 radical (unpaired) electrons. The van der Waals surface area contributed by atoms with Crippen LogP contribution in [-0.2, 0) is 47.4 Å². The number of rotatable bonds is 34. The third-order valence-corrected chi connectivity index (χ3v) is 7.09. The van der Waals surface area contributed by atoms with Crippen LogP contribution in [0.5, 0.6) is 5.75 Å². The summed E-state index contributed by atoms with van der Waals surface area (Å²) >= 11 is 0. The van der Waals surface area contributed by atoms with Gasteiger partial charge < -0.3 is 57.8 Å². The molecule has 0 spiro atoms. The lowest BCUT2D eigenvalue weighted by molar-refractivity contribution is -0.0268. The highest BCUT2D eigenvalue weighted by atomic mass is 16.6. The van der Waals surface area contributed by atoms with Crippen molar-refractivity contribution in [2.75, 3.05) is 151 Å². The summed E-state index contributed by atoms with van der Waals surface area (Å²) in [5.41, 5.74) is 7.31. The van der Waals surface area contributed by atoms with Crippen molar-refractivity contribution in [3.63, 3.8) is 0 Å². The highest BCUT2D eigenvalue weighted by Gasteiger charge is 2.34. The summed E-state index contributed by atoms with van der Waals surface area (Å²) in [7, 11) is 0. The van der Waals surface area contributed by atoms with Crippen LogP contribution in [0.15, 0.2) is 48.5 Å². The first-order valence-corrected chi connectivity index (χ1v) is 17.4. The maximum atomic E-state index is 12.3. The zero-order chi connectivity index (χ0) is 36.0. The van der Waals surface area contributed by atoms with Crippen molar-refractivity contribution >= 4 is 17.5 Å². The zero-order valence-electron chi connectivity index (χ0n) is 29.5. The van der Waals surface area contributed by atoms with Crippen molar-refractivity contribution in [3.05, 3.63) is 59.7 Å². The van der Waals surface area contributed by atoms with Gasteiger partial charge in [-0.1, -0.05) is 24.3 Å². The molecule has 1 heterocycles. The second-order valence-corrected chi connectivity index (χ2v) is 10.8. The second-order valence-electron chi connectivity index (χ2n) is 10.8. The largest absolute Gasteiger partial charge is 0.489 e. The van der Waals surface area contributed by atoms with Crippen LogP contribution < -0.4 is 10.5 Å². The number of nitrogens with two attached hydrogens (primary N) is 1. The number of carbonyl (C=O) groups is 2. The topological polar surface area (TPSA) is 165 Å². The molecule has 2 N–H and O–H groups in total. The quantitative estimate of drug-likeness (QED) is 0.0635. The summed E-state index contributed by atoms with van der Waals surface area (Å²) < 4.78 is 60.3. The lowest BCUT2D eigenvalue weighted by Gasteiger charge is -2.13. The number of carbonyl (C=O) groups excluding carboxylic acids is 2. The van der Waals surface area contributed by atoms with Gasteiger partial charge in [-0.05, 0) is 24.3 Å². The smallest absolute Gasteiger partial charge is 0.261 e. The van der Waals surface area contributed by atoms with Gasteiger partial charge in [0.25, 0.3) is 11.8 Å². The van der Waals surface area contributed by atoms with Gasteiger partial charge in [0, 0.05) is 0 Å². The molecule has 0 saturated carbocycles. The van der Waals surface area contributed by atoms with Crippen LogP contribution in [0.1, 0.15) is 20.7 Å². The zero-order valence-corrected chi connectivity index (χ0v) is 29.5. The van der Waals surface area contributed by atoms with Crippen LogP contribution in [0.3, 0.4) is 0 Å². The first kappa shape index (κ1) is 42.2. The van der Waals surface area contributed by atoms with Crippen LogP contribution in [0.25, 0.3) is 0 Å². The number of benzene rings is 2. The first-order chi connectivity index (χ1) is 25.2. The number of nitrogens with zero attached hydrogens (tertiary/aromatic N) is 1. The van der Waals surface area contributed by atoms with E-state index < -0.39 is 0 Å². The van der Waals surface area contributed by atoms with Crippen molar-refractivity contribution in [2.45, 2.75) is 0 Å². The SMILES string of the molecule is Nc1ccccc1OCCOCCOCCOCCOCCOCCOCCOCCOCCOCCOCCN1C(=O)c2ccccc2C1=O. The Bertz CT molecular complexity index is 1170. The summed E-state index contributed by atoms with van der Waals surface area (Å²) in [6.07, 6.45) is 0. The Morgan fingerprint density at radius 1 is 0.392 bits per heavy atom. The van der Waals surface area contributed by atoms with Gasteiger partial charge in [0.2, 0.25) is 0 Å². The summed E-state index contributed by atoms with van der Waals surface area (Å²) in [5.74, 6) is 0.103. The molecule has 15 heteroatoms. The van der Waals surface area contributed by atoms with Crippen LogP contribution >= 0.6 is 0 Å². The predicted molar refractivity (Wildman–Crippen MR) is 186 cm³/mol. The van der Waals surface area contributed by atoms with Crippen LogP contribution in [0.2, 0.25) is 0 Å². The minimum Gasteiger partial charge on any atom is -0.489 e. The average molecular weight is 723 g/mol. The summed E-state index contributed by atoms with van der Waals surface area (Å²) in [6.45, 7) is 9.74.